The number of benzene rings is 1. The summed E-state index contributed by atoms with van der Waals surface area (Å²) in [5, 5.41) is 8.12. The van der Waals surface area contributed by atoms with Gasteiger partial charge in [0.15, 0.2) is 12.0 Å². The molecule has 28 heavy (non-hydrogen) atoms. The molecule has 2 heterocycles. The van der Waals surface area contributed by atoms with Crippen molar-refractivity contribution in [3.8, 4) is 0 Å². The van der Waals surface area contributed by atoms with E-state index in [9.17, 15) is 4.79 Å². The van der Waals surface area contributed by atoms with Crippen LogP contribution in [-0.2, 0) is 16.0 Å². The molecule has 1 saturated carbocycles. The molecule has 2 aromatic rings. The molecule has 1 spiro atoms. The Hall–Kier alpha value is -1.97. The largest absolute Gasteiger partial charge is 0.376 e. The number of hydrogen-bond donors (Lipinski definition) is 0. The Labute approximate surface area is 172 Å². The normalized spacial score (nSPS) is 18.3. The van der Waals surface area contributed by atoms with Crippen molar-refractivity contribution in [2.45, 2.75) is 25.7 Å². The maximum absolute atomic E-state index is 12.9. The Bertz CT molecular complexity index is 870. The molecule has 2 aliphatic rings. The number of ether oxygens (including phenoxy) is 2. The van der Waals surface area contributed by atoms with Crippen LogP contribution in [0.15, 0.2) is 28.9 Å². The van der Waals surface area contributed by atoms with Gasteiger partial charge in [-0.3, -0.25) is 4.79 Å². The molecule has 0 N–H and O–H groups in total. The lowest BCUT2D eigenvalue weighted by molar-refractivity contribution is -0.213. The molecule has 150 valence electrons. The predicted octanol–water partition coefficient (Wildman–Crippen LogP) is 2.54. The fourth-order valence-corrected chi connectivity index (χ4v) is 3.61. The van der Waals surface area contributed by atoms with Crippen molar-refractivity contribution in [3.05, 3.63) is 34.6 Å². The van der Waals surface area contributed by atoms with E-state index in [2.05, 4.69) is 26.2 Å². The Morgan fingerprint density at radius 2 is 1.96 bits per heavy atom. The van der Waals surface area contributed by atoms with E-state index in [1.165, 1.54) is 12.8 Å². The van der Waals surface area contributed by atoms with Gasteiger partial charge in [-0.1, -0.05) is 21.1 Å². The zero-order chi connectivity index (χ0) is 19.9. The van der Waals surface area contributed by atoms with Gasteiger partial charge in [0, 0.05) is 31.0 Å². The minimum atomic E-state index is -0.347. The highest BCUT2D eigenvalue weighted by Crippen LogP contribution is 2.48. The van der Waals surface area contributed by atoms with Crippen LogP contribution in [0.3, 0.4) is 0 Å². The van der Waals surface area contributed by atoms with E-state index < -0.39 is 0 Å². The fourth-order valence-electron chi connectivity index (χ4n) is 3.26. The monoisotopic (exact) mass is 449 g/mol. The first kappa shape index (κ1) is 19.4. The van der Waals surface area contributed by atoms with E-state index in [1.54, 1.807) is 22.8 Å². The zero-order valence-corrected chi connectivity index (χ0v) is 17.8. The third-order valence-electron chi connectivity index (χ3n) is 5.29. The molecule has 4 rings (SSSR count). The minimum absolute atomic E-state index is 0.223. The molecule has 8 nitrogen and oxygen atoms in total. The van der Waals surface area contributed by atoms with E-state index in [1.807, 2.05) is 37.2 Å². The molecule has 1 aromatic carbocycles. The van der Waals surface area contributed by atoms with Crippen molar-refractivity contribution >= 4 is 33.2 Å². The molecule has 0 atom stereocenters. The summed E-state index contributed by atoms with van der Waals surface area (Å²) >= 11 is 3.48. The van der Waals surface area contributed by atoms with Crippen LogP contribution in [0.25, 0.3) is 0 Å². The smallest absolute Gasteiger partial charge is 0.280 e. The van der Waals surface area contributed by atoms with E-state index in [4.69, 9.17) is 9.47 Å². The third kappa shape index (κ3) is 3.92. The van der Waals surface area contributed by atoms with Crippen molar-refractivity contribution in [2.24, 2.45) is 5.41 Å². The number of amides is 1. The van der Waals surface area contributed by atoms with Crippen molar-refractivity contribution < 1.29 is 14.3 Å². The van der Waals surface area contributed by atoms with Gasteiger partial charge in [0.25, 0.3) is 5.91 Å². The van der Waals surface area contributed by atoms with Crippen molar-refractivity contribution in [1.29, 1.82) is 0 Å². The maximum Gasteiger partial charge on any atom is 0.280 e. The number of nitrogens with zero attached hydrogens (tertiary/aromatic N) is 5. The molecule has 1 aliphatic heterocycles. The number of carbonyl (C=O) groups excluding carboxylic acids is 1. The van der Waals surface area contributed by atoms with Gasteiger partial charge in [0.2, 0.25) is 0 Å². The van der Waals surface area contributed by atoms with E-state index >= 15 is 0 Å². The van der Waals surface area contributed by atoms with Crippen LogP contribution in [0, 0.1) is 5.41 Å². The molecular formula is C19H24BrN5O3. The predicted molar refractivity (Wildman–Crippen MR) is 109 cm³/mol. The van der Waals surface area contributed by atoms with Gasteiger partial charge < -0.3 is 19.3 Å². The highest BCUT2D eigenvalue weighted by Gasteiger charge is 2.47. The molecule has 2 fully saturated rings. The van der Waals surface area contributed by atoms with Crippen LogP contribution in [0.2, 0.25) is 0 Å². The molecule has 1 amide bonds. The Balaban J connectivity index is 1.44. The van der Waals surface area contributed by atoms with Gasteiger partial charge in [-0.05, 0) is 31.0 Å². The molecule has 9 heteroatoms. The molecule has 0 bridgehead atoms. The minimum Gasteiger partial charge on any atom is -0.376 e. The number of carbonyl (C=O) groups is 1. The number of halogens is 1. The van der Waals surface area contributed by atoms with Crippen LogP contribution in [0.5, 0.6) is 0 Å². The van der Waals surface area contributed by atoms with Crippen molar-refractivity contribution in [2.75, 3.05) is 44.2 Å². The lowest BCUT2D eigenvalue weighted by Gasteiger charge is -2.29. The van der Waals surface area contributed by atoms with E-state index in [-0.39, 0.29) is 23.3 Å². The van der Waals surface area contributed by atoms with Crippen LogP contribution in [-0.4, -0.2) is 61.5 Å². The first-order valence-electron chi connectivity index (χ1n) is 9.25. The summed E-state index contributed by atoms with van der Waals surface area (Å²) in [7, 11) is 5.62. The van der Waals surface area contributed by atoms with Gasteiger partial charge >= 0.3 is 0 Å². The summed E-state index contributed by atoms with van der Waals surface area (Å²) in [5.41, 5.74) is 2.26. The summed E-state index contributed by atoms with van der Waals surface area (Å²) in [5.74, 6) is -0.223. The Morgan fingerprint density at radius 1 is 1.25 bits per heavy atom. The molecule has 0 radical (unpaired) electrons. The van der Waals surface area contributed by atoms with Gasteiger partial charge in [-0.2, -0.15) is 0 Å². The first-order valence-corrected chi connectivity index (χ1v) is 10.0. The van der Waals surface area contributed by atoms with Crippen LogP contribution in [0.1, 0.15) is 23.3 Å². The molecular weight excluding hydrogens is 426 g/mol. The number of hydrogen-bond acceptors (Lipinski definition) is 6. The van der Waals surface area contributed by atoms with E-state index in [0.717, 1.165) is 29.1 Å². The second kappa shape index (κ2) is 7.46. The highest BCUT2D eigenvalue weighted by molar-refractivity contribution is 9.10. The summed E-state index contributed by atoms with van der Waals surface area (Å²) in [4.78, 5) is 16.5. The number of rotatable bonds is 5. The summed E-state index contributed by atoms with van der Waals surface area (Å²) < 4.78 is 14.1. The van der Waals surface area contributed by atoms with Gasteiger partial charge in [0.1, 0.15) is 0 Å². The average Bonchev–Trinajstić information content (AvgIpc) is 3.27. The second-order valence-electron chi connectivity index (χ2n) is 7.77. The van der Waals surface area contributed by atoms with E-state index in [0.29, 0.717) is 6.54 Å². The summed E-state index contributed by atoms with van der Waals surface area (Å²) in [6.07, 6.45) is 3.65. The number of aromatic nitrogens is 3. The van der Waals surface area contributed by atoms with Crippen LogP contribution >= 0.6 is 15.9 Å². The summed E-state index contributed by atoms with van der Waals surface area (Å²) in [6, 6.07) is 5.78. The Kier molecular flexibility index (Phi) is 5.15. The number of anilines is 2. The molecule has 1 aliphatic carbocycles. The van der Waals surface area contributed by atoms with Gasteiger partial charge in [-0.25, -0.2) is 4.68 Å². The highest BCUT2D eigenvalue weighted by atomic mass is 79.9. The lowest BCUT2D eigenvalue weighted by Crippen LogP contribution is -2.36. The van der Waals surface area contributed by atoms with Crippen molar-refractivity contribution in [1.82, 2.24) is 15.0 Å². The van der Waals surface area contributed by atoms with Crippen molar-refractivity contribution in [3.63, 3.8) is 0 Å². The zero-order valence-electron chi connectivity index (χ0n) is 16.3. The topological polar surface area (TPSA) is 72.7 Å². The van der Waals surface area contributed by atoms with Crippen LogP contribution in [0.4, 0.5) is 11.4 Å². The van der Waals surface area contributed by atoms with Gasteiger partial charge in [-0.15, -0.1) is 5.10 Å². The van der Waals surface area contributed by atoms with Gasteiger partial charge in [0.05, 0.1) is 37.3 Å². The molecule has 0 unspecified atom stereocenters. The Morgan fingerprint density at radius 3 is 2.61 bits per heavy atom. The quantitative estimate of drug-likeness (QED) is 0.698. The maximum atomic E-state index is 12.9. The summed E-state index contributed by atoms with van der Waals surface area (Å²) in [6.45, 7) is 1.89. The third-order valence-corrected chi connectivity index (χ3v) is 5.78. The first-order chi connectivity index (χ1) is 13.4. The average molecular weight is 450 g/mol. The fraction of sp³-hybridized carbons (Fsp3) is 0.526. The SMILES string of the molecule is CN(C)c1cc(Br)ccc1N(C)C(=O)c1cn(CC2OCC3(CC3)CO2)nn1. The second-order valence-corrected chi connectivity index (χ2v) is 8.68. The molecule has 1 saturated heterocycles. The van der Waals surface area contributed by atoms with Crippen LogP contribution < -0.4 is 9.80 Å². The molecule has 1 aromatic heterocycles. The standard InChI is InChI=1S/C19H24BrN5O3/c1-23(2)16-8-13(20)4-5-15(16)24(3)18(26)14-9-25(22-21-14)10-17-27-11-19(6-7-19)12-28-17/h4-5,8-9,17H,6-7,10-12H2,1-3H3. The lowest BCUT2D eigenvalue weighted by atomic mass is 10.1.